The van der Waals surface area contributed by atoms with Gasteiger partial charge in [0, 0.05) is 18.4 Å². The summed E-state index contributed by atoms with van der Waals surface area (Å²) < 4.78 is 44.8. The lowest BCUT2D eigenvalue weighted by Crippen LogP contribution is -2.71. The number of rotatable bonds is 4. The van der Waals surface area contributed by atoms with Crippen molar-refractivity contribution >= 4 is 5.91 Å². The number of halogens is 3. The molecule has 0 radical (unpaired) electrons. The number of alkyl halides is 3. The van der Waals surface area contributed by atoms with Gasteiger partial charge in [0.1, 0.15) is 0 Å². The molecule has 3 fully saturated rings. The molecular formula is C22H29F3N2O3. The van der Waals surface area contributed by atoms with Gasteiger partial charge in [-0.2, -0.15) is 13.2 Å². The predicted molar refractivity (Wildman–Crippen MR) is 105 cm³/mol. The summed E-state index contributed by atoms with van der Waals surface area (Å²) in [5.74, 6) is -0.277. The second kappa shape index (κ2) is 8.13. The van der Waals surface area contributed by atoms with Crippen molar-refractivity contribution in [3.05, 3.63) is 35.9 Å². The van der Waals surface area contributed by atoms with E-state index < -0.39 is 11.8 Å². The first-order valence-electron chi connectivity index (χ1n) is 10.7. The maximum Gasteiger partial charge on any atom is 0.417 e. The zero-order valence-corrected chi connectivity index (χ0v) is 16.9. The molecule has 1 spiro atoms. The van der Waals surface area contributed by atoms with Crippen LogP contribution in [-0.4, -0.2) is 53.6 Å². The molecule has 3 atom stereocenters. The molecule has 3 unspecified atom stereocenters. The lowest BCUT2D eigenvalue weighted by atomic mass is 9.73. The molecule has 4 rings (SSSR count). The number of hydrogen-bond acceptors (Lipinski definition) is 4. The van der Waals surface area contributed by atoms with Gasteiger partial charge in [0.15, 0.2) is 5.60 Å². The van der Waals surface area contributed by atoms with Crippen molar-refractivity contribution in [3.63, 3.8) is 0 Å². The van der Waals surface area contributed by atoms with Crippen molar-refractivity contribution in [1.82, 2.24) is 10.6 Å². The van der Waals surface area contributed by atoms with E-state index in [0.29, 0.717) is 26.0 Å². The normalized spacial score (nSPS) is 36.9. The van der Waals surface area contributed by atoms with Crippen LogP contribution in [0.4, 0.5) is 13.2 Å². The highest BCUT2D eigenvalue weighted by Gasteiger charge is 2.55. The minimum Gasteiger partial charge on any atom is -0.380 e. The van der Waals surface area contributed by atoms with Crippen molar-refractivity contribution in [1.29, 1.82) is 0 Å². The van der Waals surface area contributed by atoms with E-state index in [-0.39, 0.29) is 55.2 Å². The summed E-state index contributed by atoms with van der Waals surface area (Å²) in [5, 5.41) is 16.3. The van der Waals surface area contributed by atoms with Crippen molar-refractivity contribution in [3.8, 4) is 0 Å². The number of carbonyl (C=O) groups is 1. The minimum atomic E-state index is -4.62. The summed E-state index contributed by atoms with van der Waals surface area (Å²) in [6, 6.07) is 9.77. The van der Waals surface area contributed by atoms with Crippen LogP contribution in [0.5, 0.6) is 0 Å². The van der Waals surface area contributed by atoms with E-state index >= 15 is 0 Å². The molecule has 1 aromatic rings. The second-order valence-electron chi connectivity index (χ2n) is 9.07. The molecule has 2 saturated heterocycles. The Bertz CT molecular complexity index is 750. The third-order valence-electron chi connectivity index (χ3n) is 7.06. The Morgan fingerprint density at radius 1 is 1.20 bits per heavy atom. The van der Waals surface area contributed by atoms with Gasteiger partial charge in [0.25, 0.3) is 0 Å². The first-order valence-corrected chi connectivity index (χ1v) is 10.7. The van der Waals surface area contributed by atoms with Crippen molar-refractivity contribution in [2.75, 3.05) is 13.2 Å². The molecule has 5 nitrogen and oxygen atoms in total. The van der Waals surface area contributed by atoms with Gasteiger partial charge >= 0.3 is 6.18 Å². The Balaban J connectivity index is 1.31. The first kappa shape index (κ1) is 21.6. The fourth-order valence-electron chi connectivity index (χ4n) is 5.02. The van der Waals surface area contributed by atoms with Gasteiger partial charge in [-0.05, 0) is 50.6 Å². The standard InChI is InChI=1S/C22H29F3N2O3/c23-22(24,25)21(29)9-6-17(7-10-21)27-19(28)16-8-11-26-20(13-16)14-30-18(20)12-15-4-2-1-3-5-15/h1-5,16-18,26,29H,6-14H2,(H,27,28). The van der Waals surface area contributed by atoms with Crippen LogP contribution in [-0.2, 0) is 16.0 Å². The number of ether oxygens (including phenoxy) is 1. The molecule has 1 aromatic carbocycles. The summed E-state index contributed by atoms with van der Waals surface area (Å²) in [6.07, 6.45) is -2.94. The van der Waals surface area contributed by atoms with Crippen LogP contribution < -0.4 is 10.6 Å². The van der Waals surface area contributed by atoms with Crippen molar-refractivity contribution in [2.45, 2.75) is 74.4 Å². The van der Waals surface area contributed by atoms with Gasteiger partial charge < -0.3 is 20.5 Å². The Labute approximate surface area is 174 Å². The fourth-order valence-corrected chi connectivity index (χ4v) is 5.02. The molecule has 0 bridgehead atoms. The molecule has 3 aliphatic rings. The molecule has 3 N–H and O–H groups in total. The van der Waals surface area contributed by atoms with Crippen LogP contribution in [0.25, 0.3) is 0 Å². The Hall–Kier alpha value is -1.64. The van der Waals surface area contributed by atoms with E-state index in [1.165, 1.54) is 5.56 Å². The number of amides is 1. The van der Waals surface area contributed by atoms with E-state index in [9.17, 15) is 23.1 Å². The van der Waals surface area contributed by atoms with Crippen molar-refractivity contribution in [2.24, 2.45) is 5.92 Å². The molecule has 2 aliphatic heterocycles. The molecule has 1 aliphatic carbocycles. The number of piperidine rings is 1. The molecule has 1 saturated carbocycles. The van der Waals surface area contributed by atoms with Gasteiger partial charge in [0.05, 0.1) is 18.2 Å². The highest BCUT2D eigenvalue weighted by molar-refractivity contribution is 5.79. The number of benzene rings is 1. The minimum absolute atomic E-state index is 0.00646. The monoisotopic (exact) mass is 426 g/mol. The molecule has 8 heteroatoms. The van der Waals surface area contributed by atoms with Crippen LogP contribution in [0.2, 0.25) is 0 Å². The fraction of sp³-hybridized carbons (Fsp3) is 0.682. The number of aliphatic hydroxyl groups is 1. The second-order valence-corrected chi connectivity index (χ2v) is 9.07. The molecule has 30 heavy (non-hydrogen) atoms. The largest absolute Gasteiger partial charge is 0.417 e. The lowest BCUT2D eigenvalue weighted by molar-refractivity contribution is -0.270. The highest BCUT2D eigenvalue weighted by Crippen LogP contribution is 2.42. The zero-order valence-electron chi connectivity index (χ0n) is 16.9. The van der Waals surface area contributed by atoms with Gasteiger partial charge in [-0.3, -0.25) is 4.79 Å². The molecular weight excluding hydrogens is 397 g/mol. The summed E-state index contributed by atoms with van der Waals surface area (Å²) in [6.45, 7) is 1.28. The molecule has 1 amide bonds. The summed E-state index contributed by atoms with van der Waals surface area (Å²) in [4.78, 5) is 12.9. The van der Waals surface area contributed by atoms with Crippen LogP contribution in [0.1, 0.15) is 44.1 Å². The Kier molecular flexibility index (Phi) is 5.85. The van der Waals surface area contributed by atoms with Crippen LogP contribution in [0.15, 0.2) is 30.3 Å². The summed E-state index contributed by atoms with van der Waals surface area (Å²) in [7, 11) is 0. The number of nitrogens with one attached hydrogen (secondary N) is 2. The van der Waals surface area contributed by atoms with E-state index in [2.05, 4.69) is 22.8 Å². The Morgan fingerprint density at radius 2 is 1.90 bits per heavy atom. The molecule has 0 aromatic heterocycles. The quantitative estimate of drug-likeness (QED) is 0.693. The first-order chi connectivity index (χ1) is 14.2. The predicted octanol–water partition coefficient (Wildman–Crippen LogP) is 2.72. The third kappa shape index (κ3) is 4.22. The SMILES string of the molecule is O=C(NC1CCC(O)(C(F)(F)F)CC1)C1CCNC2(COC2Cc2ccccc2)C1. The van der Waals surface area contributed by atoms with Gasteiger partial charge in [-0.25, -0.2) is 0 Å². The number of carbonyl (C=O) groups excluding carboxylic acids is 1. The smallest absolute Gasteiger partial charge is 0.380 e. The van der Waals surface area contributed by atoms with Crippen LogP contribution >= 0.6 is 0 Å². The third-order valence-corrected chi connectivity index (χ3v) is 7.06. The zero-order chi connectivity index (χ0) is 21.4. The molecule has 166 valence electrons. The van der Waals surface area contributed by atoms with Gasteiger partial charge in [0.2, 0.25) is 5.91 Å². The average Bonchev–Trinajstić information content (AvgIpc) is 2.73. The lowest BCUT2D eigenvalue weighted by Gasteiger charge is -2.53. The topological polar surface area (TPSA) is 70.6 Å². The highest BCUT2D eigenvalue weighted by atomic mass is 19.4. The number of hydrogen-bond donors (Lipinski definition) is 3. The average molecular weight is 426 g/mol. The Morgan fingerprint density at radius 3 is 2.50 bits per heavy atom. The van der Waals surface area contributed by atoms with Gasteiger partial charge in [-0.1, -0.05) is 30.3 Å². The van der Waals surface area contributed by atoms with E-state index in [4.69, 9.17) is 4.74 Å². The van der Waals surface area contributed by atoms with E-state index in [1.807, 2.05) is 18.2 Å². The van der Waals surface area contributed by atoms with Crippen LogP contribution in [0, 0.1) is 5.92 Å². The maximum atomic E-state index is 13.0. The van der Waals surface area contributed by atoms with E-state index in [0.717, 1.165) is 6.42 Å². The maximum absolute atomic E-state index is 13.0. The summed E-state index contributed by atoms with van der Waals surface area (Å²) in [5.41, 5.74) is -1.66. The van der Waals surface area contributed by atoms with E-state index in [1.54, 1.807) is 0 Å². The van der Waals surface area contributed by atoms with Crippen LogP contribution in [0.3, 0.4) is 0 Å². The summed E-state index contributed by atoms with van der Waals surface area (Å²) >= 11 is 0. The molecule has 2 heterocycles. The van der Waals surface area contributed by atoms with Crippen molar-refractivity contribution < 1.29 is 27.8 Å². The van der Waals surface area contributed by atoms with Gasteiger partial charge in [-0.15, -0.1) is 0 Å².